The van der Waals surface area contributed by atoms with E-state index in [1.807, 2.05) is 37.4 Å². The van der Waals surface area contributed by atoms with Gasteiger partial charge in [-0.3, -0.25) is 9.78 Å². The van der Waals surface area contributed by atoms with Crippen LogP contribution in [0.3, 0.4) is 0 Å². The quantitative estimate of drug-likeness (QED) is 0.941. The largest absolute Gasteiger partial charge is 0.315 e. The van der Waals surface area contributed by atoms with E-state index in [9.17, 15) is 4.79 Å². The van der Waals surface area contributed by atoms with Crippen molar-refractivity contribution in [1.82, 2.24) is 10.3 Å². The maximum absolute atomic E-state index is 12.2. The average molecular weight is 281 g/mol. The molecule has 108 valence electrons. The topological polar surface area (TPSA) is 45.2 Å². The van der Waals surface area contributed by atoms with Crippen LogP contribution >= 0.6 is 0 Å². The van der Waals surface area contributed by atoms with Gasteiger partial charge in [0.05, 0.1) is 0 Å². The first-order chi connectivity index (χ1) is 10.2. The number of carbonyl (C=O) groups excluding carboxylic acids is 1. The average Bonchev–Trinajstić information content (AvgIpc) is 2.53. The number of nitrogens with one attached hydrogen (secondary N) is 1. The smallest absolute Gasteiger partial charge is 0.228 e. The van der Waals surface area contributed by atoms with Crippen molar-refractivity contribution < 1.29 is 4.79 Å². The Labute approximate surface area is 124 Å². The number of fused-ring (bicyclic) bond motifs is 1. The molecule has 4 nitrogen and oxygen atoms in total. The molecular weight excluding hydrogens is 262 g/mol. The number of para-hydroxylation sites is 1. The van der Waals surface area contributed by atoms with E-state index in [-0.39, 0.29) is 18.0 Å². The summed E-state index contributed by atoms with van der Waals surface area (Å²) in [7, 11) is 1.84. The maximum Gasteiger partial charge on any atom is 0.228 e. The molecular formula is C17H19N3O. The molecule has 1 amide bonds. The van der Waals surface area contributed by atoms with Crippen molar-refractivity contribution in [2.24, 2.45) is 0 Å². The maximum atomic E-state index is 12.2. The monoisotopic (exact) mass is 281 g/mol. The summed E-state index contributed by atoms with van der Waals surface area (Å²) in [5, 5.41) is 3.57. The third kappa shape index (κ3) is 2.67. The fourth-order valence-corrected chi connectivity index (χ4v) is 2.84. The third-order valence-electron chi connectivity index (χ3n) is 4.08. The van der Waals surface area contributed by atoms with Gasteiger partial charge in [0.1, 0.15) is 0 Å². The number of nitrogens with zero attached hydrogens (tertiary/aromatic N) is 2. The summed E-state index contributed by atoms with van der Waals surface area (Å²) in [5.74, 6) is 0.146. The predicted octanol–water partition coefficient (Wildman–Crippen LogP) is 2.84. The van der Waals surface area contributed by atoms with Gasteiger partial charge in [-0.2, -0.15) is 0 Å². The Morgan fingerprint density at radius 3 is 2.71 bits per heavy atom. The van der Waals surface area contributed by atoms with Gasteiger partial charge in [-0.15, -0.1) is 0 Å². The highest BCUT2D eigenvalue weighted by atomic mass is 16.2. The van der Waals surface area contributed by atoms with E-state index in [2.05, 4.69) is 23.3 Å². The second kappa shape index (κ2) is 5.66. The first-order valence-electron chi connectivity index (χ1n) is 7.18. The highest BCUT2D eigenvalue weighted by Gasteiger charge is 2.29. The minimum atomic E-state index is 0.0491. The molecule has 2 unspecified atom stereocenters. The van der Waals surface area contributed by atoms with E-state index in [1.165, 1.54) is 11.1 Å². The van der Waals surface area contributed by atoms with Gasteiger partial charge in [-0.25, -0.2) is 0 Å². The van der Waals surface area contributed by atoms with Crippen LogP contribution in [-0.2, 0) is 4.79 Å². The highest BCUT2D eigenvalue weighted by Crippen LogP contribution is 2.34. The highest BCUT2D eigenvalue weighted by molar-refractivity contribution is 5.96. The van der Waals surface area contributed by atoms with Crippen molar-refractivity contribution in [2.75, 3.05) is 11.9 Å². The summed E-state index contributed by atoms with van der Waals surface area (Å²) in [6.07, 6.45) is 4.07. The molecule has 2 heterocycles. The molecule has 4 heteroatoms. The molecule has 0 radical (unpaired) electrons. The minimum Gasteiger partial charge on any atom is -0.315 e. The normalized spacial score (nSPS) is 19.2. The number of anilines is 1. The van der Waals surface area contributed by atoms with Crippen molar-refractivity contribution >= 4 is 11.6 Å². The van der Waals surface area contributed by atoms with Crippen molar-refractivity contribution in [3.63, 3.8) is 0 Å². The van der Waals surface area contributed by atoms with Crippen LogP contribution in [-0.4, -0.2) is 17.9 Å². The number of amides is 1. The summed E-state index contributed by atoms with van der Waals surface area (Å²) in [4.78, 5) is 17.9. The van der Waals surface area contributed by atoms with Gasteiger partial charge in [0.15, 0.2) is 0 Å². The van der Waals surface area contributed by atoms with Gasteiger partial charge in [-0.05, 0) is 36.2 Å². The van der Waals surface area contributed by atoms with Crippen molar-refractivity contribution in [3.05, 3.63) is 59.9 Å². The molecule has 3 rings (SSSR count). The molecule has 1 aliphatic rings. The first-order valence-corrected chi connectivity index (χ1v) is 7.18. The SMILES string of the molecule is CC(NC1CC(=O)N(C)c2ccccc21)c1ccncc1. The molecule has 2 atom stereocenters. The Kier molecular flexibility index (Phi) is 3.71. The predicted molar refractivity (Wildman–Crippen MR) is 83.0 cm³/mol. The minimum absolute atomic E-state index is 0.0491. The number of carbonyl (C=O) groups is 1. The number of hydrogen-bond acceptors (Lipinski definition) is 3. The van der Waals surface area contributed by atoms with Gasteiger partial charge < -0.3 is 10.2 Å². The van der Waals surface area contributed by atoms with Crippen LogP contribution < -0.4 is 10.2 Å². The molecule has 1 N–H and O–H groups in total. The second-order valence-electron chi connectivity index (χ2n) is 5.44. The Morgan fingerprint density at radius 1 is 1.24 bits per heavy atom. The molecule has 0 bridgehead atoms. The fourth-order valence-electron chi connectivity index (χ4n) is 2.84. The Morgan fingerprint density at radius 2 is 1.95 bits per heavy atom. The van der Waals surface area contributed by atoms with Crippen LogP contribution in [0.4, 0.5) is 5.69 Å². The van der Waals surface area contributed by atoms with Gasteiger partial charge in [0, 0.05) is 43.6 Å². The lowest BCUT2D eigenvalue weighted by Gasteiger charge is -2.33. The van der Waals surface area contributed by atoms with Gasteiger partial charge in [0.2, 0.25) is 5.91 Å². The molecule has 0 aliphatic carbocycles. The van der Waals surface area contributed by atoms with Crippen LogP contribution in [0.1, 0.15) is 36.6 Å². The van der Waals surface area contributed by atoms with Gasteiger partial charge in [0.25, 0.3) is 0 Å². The van der Waals surface area contributed by atoms with Gasteiger partial charge in [-0.1, -0.05) is 18.2 Å². The van der Waals surface area contributed by atoms with E-state index in [0.717, 1.165) is 5.69 Å². The molecule has 0 saturated heterocycles. The van der Waals surface area contributed by atoms with Crippen LogP contribution in [0.15, 0.2) is 48.8 Å². The van der Waals surface area contributed by atoms with Crippen molar-refractivity contribution in [1.29, 1.82) is 0 Å². The van der Waals surface area contributed by atoms with E-state index in [4.69, 9.17) is 0 Å². The molecule has 1 aromatic heterocycles. The molecule has 1 aromatic carbocycles. The summed E-state index contributed by atoms with van der Waals surface area (Å²) < 4.78 is 0. The zero-order valence-electron chi connectivity index (χ0n) is 12.3. The lowest BCUT2D eigenvalue weighted by Crippen LogP contribution is -2.38. The Hall–Kier alpha value is -2.20. The second-order valence-corrected chi connectivity index (χ2v) is 5.44. The molecule has 21 heavy (non-hydrogen) atoms. The Balaban J connectivity index is 1.86. The molecule has 1 aliphatic heterocycles. The summed E-state index contributed by atoms with van der Waals surface area (Å²) in [6, 6.07) is 12.3. The van der Waals surface area contributed by atoms with E-state index in [1.54, 1.807) is 17.3 Å². The lowest BCUT2D eigenvalue weighted by atomic mass is 9.95. The zero-order valence-corrected chi connectivity index (χ0v) is 12.3. The fraction of sp³-hybridized carbons (Fsp3) is 0.294. The van der Waals surface area contributed by atoms with E-state index >= 15 is 0 Å². The van der Waals surface area contributed by atoms with E-state index < -0.39 is 0 Å². The van der Waals surface area contributed by atoms with Crippen LogP contribution in [0.2, 0.25) is 0 Å². The molecule has 2 aromatic rings. The summed E-state index contributed by atoms with van der Waals surface area (Å²) in [5.41, 5.74) is 3.35. The number of hydrogen-bond donors (Lipinski definition) is 1. The number of rotatable bonds is 3. The summed E-state index contributed by atoms with van der Waals surface area (Å²) in [6.45, 7) is 2.11. The molecule has 0 saturated carbocycles. The molecule has 0 fully saturated rings. The van der Waals surface area contributed by atoms with Crippen LogP contribution in [0.25, 0.3) is 0 Å². The first kappa shape index (κ1) is 13.8. The standard InChI is InChI=1S/C17H19N3O/c1-12(13-7-9-18-10-8-13)19-15-11-17(21)20(2)16-6-4-3-5-14(15)16/h3-10,12,15,19H,11H2,1-2H3. The lowest BCUT2D eigenvalue weighted by molar-refractivity contribution is -0.119. The summed E-state index contributed by atoms with van der Waals surface area (Å²) >= 11 is 0. The van der Waals surface area contributed by atoms with Crippen LogP contribution in [0, 0.1) is 0 Å². The third-order valence-corrected chi connectivity index (χ3v) is 4.08. The van der Waals surface area contributed by atoms with Gasteiger partial charge >= 0.3 is 0 Å². The Bertz CT molecular complexity index is 641. The van der Waals surface area contributed by atoms with Crippen molar-refractivity contribution in [3.8, 4) is 0 Å². The number of benzene rings is 1. The zero-order chi connectivity index (χ0) is 14.8. The van der Waals surface area contributed by atoms with E-state index in [0.29, 0.717) is 6.42 Å². The number of aromatic nitrogens is 1. The van der Waals surface area contributed by atoms with Crippen LogP contribution in [0.5, 0.6) is 0 Å². The van der Waals surface area contributed by atoms with Crippen molar-refractivity contribution in [2.45, 2.75) is 25.4 Å². The molecule has 0 spiro atoms. The number of pyridine rings is 1.